The molecular weight excluding hydrogens is 448 g/mol. The van der Waals surface area contributed by atoms with Gasteiger partial charge in [0.05, 0.1) is 16.3 Å². The van der Waals surface area contributed by atoms with E-state index in [1.165, 1.54) is 0 Å². The van der Waals surface area contributed by atoms with Crippen molar-refractivity contribution in [1.82, 2.24) is 10.2 Å². The fourth-order valence-electron chi connectivity index (χ4n) is 4.09. The molecule has 0 atom stereocenters. The Balaban J connectivity index is 2.06. The lowest BCUT2D eigenvalue weighted by atomic mass is 10.1. The molecule has 1 heterocycles. The average Bonchev–Trinajstić information content (AvgIpc) is 2.81. The van der Waals surface area contributed by atoms with Crippen LogP contribution in [-0.4, -0.2) is 58.5 Å². The number of nitrogens with one attached hydrogen (secondary N) is 2. The van der Waals surface area contributed by atoms with Gasteiger partial charge in [-0.1, -0.05) is 18.2 Å². The molecule has 1 aliphatic heterocycles. The smallest absolute Gasteiger partial charge is 0.262 e. The summed E-state index contributed by atoms with van der Waals surface area (Å²) in [5.74, 6) is -0.213. The van der Waals surface area contributed by atoms with Gasteiger partial charge in [0.1, 0.15) is 0 Å². The van der Waals surface area contributed by atoms with E-state index in [1.54, 1.807) is 42.2 Å². The predicted octanol–water partition coefficient (Wildman–Crippen LogP) is 3.64. The van der Waals surface area contributed by atoms with Crippen LogP contribution >= 0.6 is 0 Å². The minimum absolute atomic E-state index is 0.213. The molecular formula is C26H34N4O3S. The molecule has 8 heteroatoms. The number of amides is 1. The number of aryl methyl sites for hydroxylation is 3. The van der Waals surface area contributed by atoms with Gasteiger partial charge >= 0.3 is 0 Å². The monoisotopic (exact) mass is 482 g/mol. The van der Waals surface area contributed by atoms with Crippen LogP contribution in [0.1, 0.15) is 27.0 Å². The maximum Gasteiger partial charge on any atom is 0.262 e. The Morgan fingerprint density at radius 3 is 2.26 bits per heavy atom. The summed E-state index contributed by atoms with van der Waals surface area (Å²) in [7, 11) is -3.88. The van der Waals surface area contributed by atoms with Crippen molar-refractivity contribution in [2.24, 2.45) is 0 Å². The summed E-state index contributed by atoms with van der Waals surface area (Å²) in [4.78, 5) is 17.1. The lowest BCUT2D eigenvalue weighted by Crippen LogP contribution is -2.43. The summed E-state index contributed by atoms with van der Waals surface area (Å²) in [5.41, 5.74) is 4.16. The highest BCUT2D eigenvalue weighted by Crippen LogP contribution is 2.31. The van der Waals surface area contributed by atoms with E-state index < -0.39 is 10.0 Å². The molecule has 1 fully saturated rings. The molecule has 0 bridgehead atoms. The Morgan fingerprint density at radius 1 is 1.03 bits per heavy atom. The highest BCUT2D eigenvalue weighted by molar-refractivity contribution is 7.92. The minimum atomic E-state index is -3.88. The van der Waals surface area contributed by atoms with E-state index in [0.29, 0.717) is 29.9 Å². The van der Waals surface area contributed by atoms with Crippen LogP contribution in [0.15, 0.2) is 60.5 Å². The highest BCUT2D eigenvalue weighted by atomic mass is 32.2. The largest absolute Gasteiger partial charge is 0.367 e. The maximum atomic E-state index is 13.5. The summed E-state index contributed by atoms with van der Waals surface area (Å²) < 4.78 is 29.7. The Labute approximate surface area is 203 Å². The Hall–Kier alpha value is -3.10. The molecule has 0 radical (unpaired) electrons. The number of hydrogen-bond donors (Lipinski definition) is 2. The quantitative estimate of drug-likeness (QED) is 0.534. The van der Waals surface area contributed by atoms with Crippen molar-refractivity contribution in [3.05, 3.63) is 77.9 Å². The van der Waals surface area contributed by atoms with Crippen molar-refractivity contribution in [1.29, 1.82) is 0 Å². The zero-order valence-corrected chi connectivity index (χ0v) is 21.0. The Morgan fingerprint density at radius 2 is 1.65 bits per heavy atom. The normalized spacial score (nSPS) is 13.9. The van der Waals surface area contributed by atoms with Crippen LogP contribution in [0.25, 0.3) is 0 Å². The number of piperazine rings is 1. The number of anilines is 2. The number of hydrogen-bond acceptors (Lipinski definition) is 5. The number of carbonyl (C=O) groups is 1. The minimum Gasteiger partial charge on any atom is -0.367 e. The van der Waals surface area contributed by atoms with E-state index in [2.05, 4.69) is 28.1 Å². The number of nitrogens with zero attached hydrogens (tertiary/aromatic N) is 2. The molecule has 1 amide bonds. The third kappa shape index (κ3) is 5.69. The lowest BCUT2D eigenvalue weighted by Gasteiger charge is -2.31. The van der Waals surface area contributed by atoms with Crippen molar-refractivity contribution in [2.75, 3.05) is 48.9 Å². The van der Waals surface area contributed by atoms with Gasteiger partial charge in [-0.2, -0.15) is 0 Å². The summed E-state index contributed by atoms with van der Waals surface area (Å²) in [6, 6.07) is 8.78. The Kier molecular flexibility index (Phi) is 8.17. The summed E-state index contributed by atoms with van der Waals surface area (Å²) in [6.07, 6.45) is 3.31. The fraction of sp³-hybridized carbons (Fsp3) is 0.346. The van der Waals surface area contributed by atoms with E-state index in [0.717, 1.165) is 43.0 Å². The number of carbonyl (C=O) groups excluding carboxylic acids is 1. The van der Waals surface area contributed by atoms with Crippen molar-refractivity contribution in [3.63, 3.8) is 0 Å². The first-order valence-electron chi connectivity index (χ1n) is 11.4. The van der Waals surface area contributed by atoms with Gasteiger partial charge in [0.15, 0.2) is 0 Å². The molecule has 3 rings (SSSR count). The lowest BCUT2D eigenvalue weighted by molar-refractivity contribution is 0.0791. The zero-order valence-electron chi connectivity index (χ0n) is 20.2. The van der Waals surface area contributed by atoms with E-state index >= 15 is 0 Å². The van der Waals surface area contributed by atoms with Gasteiger partial charge in [0.2, 0.25) is 0 Å². The molecule has 7 nitrogen and oxygen atoms in total. The van der Waals surface area contributed by atoms with Gasteiger partial charge in [0.25, 0.3) is 15.9 Å². The SMILES string of the molecule is C=CCN(CC=C)C(=O)c1ccc(N2CCNCC2)c(NS(=O)(=O)c2cc(C)c(C)cc2C)c1. The van der Waals surface area contributed by atoms with Gasteiger partial charge in [-0.25, -0.2) is 8.42 Å². The van der Waals surface area contributed by atoms with Crippen LogP contribution in [0.4, 0.5) is 11.4 Å². The molecule has 0 aliphatic carbocycles. The van der Waals surface area contributed by atoms with Crippen LogP contribution in [0.5, 0.6) is 0 Å². The summed E-state index contributed by atoms with van der Waals surface area (Å²) >= 11 is 0. The molecule has 2 N–H and O–H groups in total. The van der Waals surface area contributed by atoms with Gasteiger partial charge in [-0.15, -0.1) is 13.2 Å². The maximum absolute atomic E-state index is 13.5. The van der Waals surface area contributed by atoms with Crippen molar-refractivity contribution < 1.29 is 13.2 Å². The predicted molar refractivity (Wildman–Crippen MR) is 139 cm³/mol. The number of benzene rings is 2. The number of sulfonamides is 1. The van der Waals surface area contributed by atoms with Crippen LogP contribution in [0, 0.1) is 20.8 Å². The van der Waals surface area contributed by atoms with E-state index in [4.69, 9.17) is 0 Å². The van der Waals surface area contributed by atoms with E-state index in [-0.39, 0.29) is 10.8 Å². The Bertz CT molecular complexity index is 1170. The zero-order chi connectivity index (χ0) is 24.9. The van der Waals surface area contributed by atoms with Crippen LogP contribution in [-0.2, 0) is 10.0 Å². The molecule has 34 heavy (non-hydrogen) atoms. The second kappa shape index (κ2) is 10.9. The van der Waals surface area contributed by atoms with Gasteiger partial charge in [0, 0.05) is 44.8 Å². The van der Waals surface area contributed by atoms with Gasteiger partial charge < -0.3 is 15.1 Å². The standard InChI is InChI=1S/C26H34N4O3S/c1-6-12-30(13-7-2)26(31)22-8-9-24(29-14-10-27-11-15-29)23(18-22)28-34(32,33)25-17-20(4)19(3)16-21(25)5/h6-9,16-18,27-28H,1-2,10-15H2,3-5H3. The summed E-state index contributed by atoms with van der Waals surface area (Å²) in [5, 5.41) is 3.31. The molecule has 0 saturated carbocycles. The fourth-order valence-corrected chi connectivity index (χ4v) is 5.47. The van der Waals surface area contributed by atoms with Crippen molar-refractivity contribution >= 4 is 27.3 Å². The topological polar surface area (TPSA) is 81.8 Å². The van der Waals surface area contributed by atoms with Crippen LogP contribution < -0.4 is 14.9 Å². The van der Waals surface area contributed by atoms with Crippen LogP contribution in [0.2, 0.25) is 0 Å². The summed E-state index contributed by atoms with van der Waals surface area (Å²) in [6.45, 7) is 16.9. The highest BCUT2D eigenvalue weighted by Gasteiger charge is 2.24. The van der Waals surface area contributed by atoms with Crippen LogP contribution in [0.3, 0.4) is 0 Å². The molecule has 182 valence electrons. The molecule has 0 spiro atoms. The molecule has 2 aromatic carbocycles. The number of rotatable bonds is 9. The third-order valence-corrected chi connectivity index (χ3v) is 7.52. The van der Waals surface area contributed by atoms with Gasteiger partial charge in [-0.05, 0) is 61.7 Å². The second-order valence-corrected chi connectivity index (χ2v) is 10.2. The first-order valence-corrected chi connectivity index (χ1v) is 12.9. The third-order valence-electron chi connectivity index (χ3n) is 6.01. The molecule has 2 aromatic rings. The van der Waals surface area contributed by atoms with Crippen molar-refractivity contribution in [3.8, 4) is 0 Å². The van der Waals surface area contributed by atoms with E-state index in [1.807, 2.05) is 26.0 Å². The molecule has 0 unspecified atom stereocenters. The molecule has 0 aromatic heterocycles. The second-order valence-electron chi connectivity index (χ2n) is 8.56. The average molecular weight is 483 g/mol. The first-order chi connectivity index (χ1) is 16.2. The van der Waals surface area contributed by atoms with E-state index in [9.17, 15) is 13.2 Å². The van der Waals surface area contributed by atoms with Crippen molar-refractivity contribution in [2.45, 2.75) is 25.7 Å². The first kappa shape index (κ1) is 25.5. The molecule has 1 saturated heterocycles. The van der Waals surface area contributed by atoms with Gasteiger partial charge in [-0.3, -0.25) is 9.52 Å². The molecule has 1 aliphatic rings.